The Morgan fingerprint density at radius 2 is 1.76 bits per heavy atom. The number of hydrogen-bond donors (Lipinski definition) is 1. The largest absolute Gasteiger partial charge is 0.497 e. The fraction of sp³-hybridized carbons (Fsp3) is 0.500. The van der Waals surface area contributed by atoms with Crippen LogP contribution >= 0.6 is 0 Å². The van der Waals surface area contributed by atoms with Gasteiger partial charge in [-0.2, -0.15) is 22.0 Å². The molecule has 2 fully saturated rings. The molecule has 2 aromatic carbocycles. The van der Waals surface area contributed by atoms with E-state index in [1.54, 1.807) is 20.1 Å². The van der Waals surface area contributed by atoms with Gasteiger partial charge >= 0.3 is 12.1 Å². The quantitative estimate of drug-likeness (QED) is 0.344. The lowest BCUT2D eigenvalue weighted by atomic mass is 9.54. The van der Waals surface area contributed by atoms with Crippen molar-refractivity contribution in [3.63, 3.8) is 0 Å². The van der Waals surface area contributed by atoms with Crippen molar-refractivity contribution in [2.45, 2.75) is 76.4 Å². The van der Waals surface area contributed by atoms with Crippen LogP contribution in [0.5, 0.6) is 5.75 Å². The van der Waals surface area contributed by atoms with Crippen LogP contribution in [0.1, 0.15) is 68.9 Å². The van der Waals surface area contributed by atoms with Crippen LogP contribution < -0.4 is 10.1 Å². The number of carbonyl (C=O) groups excluding carboxylic acids is 1. The third-order valence-electron chi connectivity index (χ3n) is 10.5. The molecule has 1 N–H and O–H groups in total. The molecule has 2 saturated carbocycles. The maximum absolute atomic E-state index is 14.7. The van der Waals surface area contributed by atoms with Crippen LogP contribution in [0.3, 0.4) is 0 Å². The lowest BCUT2D eigenvalue weighted by Gasteiger charge is -2.51. The zero-order valence-electron chi connectivity index (χ0n) is 23.9. The minimum Gasteiger partial charge on any atom is -0.497 e. The van der Waals surface area contributed by atoms with E-state index in [9.17, 15) is 26.7 Å². The van der Waals surface area contributed by atoms with Gasteiger partial charge in [0.15, 0.2) is 5.78 Å². The lowest BCUT2D eigenvalue weighted by molar-refractivity contribution is -0.314. The topological polar surface area (TPSA) is 38.3 Å². The van der Waals surface area contributed by atoms with Crippen LogP contribution in [0.2, 0.25) is 0 Å². The molecule has 3 nitrogen and oxygen atoms in total. The first-order valence-corrected chi connectivity index (χ1v) is 14.8. The van der Waals surface area contributed by atoms with Gasteiger partial charge in [-0.3, -0.25) is 4.79 Å². The van der Waals surface area contributed by atoms with Crippen LogP contribution in [0, 0.1) is 23.2 Å². The molecule has 0 spiro atoms. The van der Waals surface area contributed by atoms with E-state index in [1.165, 1.54) is 5.57 Å². The van der Waals surface area contributed by atoms with E-state index in [4.69, 9.17) is 4.74 Å². The van der Waals surface area contributed by atoms with Crippen molar-refractivity contribution in [3.05, 3.63) is 82.5 Å². The van der Waals surface area contributed by atoms with Crippen LogP contribution in [-0.2, 0) is 11.3 Å². The van der Waals surface area contributed by atoms with E-state index in [-0.39, 0.29) is 30.0 Å². The minimum absolute atomic E-state index is 0.0213. The normalized spacial score (nSPS) is 29.4. The van der Waals surface area contributed by atoms with Crippen molar-refractivity contribution < 1.29 is 31.5 Å². The first kappa shape index (κ1) is 28.9. The molecule has 8 heteroatoms. The van der Waals surface area contributed by atoms with Gasteiger partial charge in [-0.05, 0) is 96.3 Å². The average molecular weight is 586 g/mol. The predicted octanol–water partition coefficient (Wildman–Crippen LogP) is 9.02. The van der Waals surface area contributed by atoms with Crippen molar-refractivity contribution in [1.29, 1.82) is 0 Å². The number of allylic oxidation sites excluding steroid dienone is 4. The van der Waals surface area contributed by atoms with Crippen molar-refractivity contribution in [2.75, 3.05) is 12.4 Å². The van der Waals surface area contributed by atoms with Gasteiger partial charge in [-0.1, -0.05) is 42.8 Å². The maximum Gasteiger partial charge on any atom is 0.453 e. The van der Waals surface area contributed by atoms with Crippen LogP contribution in [-0.4, -0.2) is 25.0 Å². The van der Waals surface area contributed by atoms with Gasteiger partial charge in [0, 0.05) is 36.6 Å². The van der Waals surface area contributed by atoms with Crippen molar-refractivity contribution >= 4 is 11.5 Å². The second-order valence-electron chi connectivity index (χ2n) is 12.7. The number of alkyl halides is 5. The number of fused-ring (bicyclic) bond motifs is 4. The standard InChI is InChI=1S/C34H36F5NO2/c1-32-15-14-27-26(29(32)12-13-30(32)33(35,36)34(37,38)39)11-10-22-16-24(41)18-28(31(22)27)21-8-6-20(7-9-21)19-40-23-4-3-5-25(17-23)42-2/h3-9,16-17,26,28-30,40H,10-15,18-19H2,1-2H3/t26-,28?,29+,30?,32+/m1/s1. The molecule has 2 aromatic rings. The molecule has 4 aliphatic carbocycles. The van der Waals surface area contributed by atoms with Gasteiger partial charge in [0.05, 0.1) is 7.11 Å². The Bertz CT molecular complexity index is 1430. The summed E-state index contributed by atoms with van der Waals surface area (Å²) >= 11 is 0. The Morgan fingerprint density at radius 1 is 1.00 bits per heavy atom. The third kappa shape index (κ3) is 4.84. The molecule has 6 rings (SSSR count). The SMILES string of the molecule is COc1cccc(NCc2ccc(C3CC(=O)C=C4CC[C@@H]5C(=C43)CC[C@]3(C)C(C(F)(F)C(F)(F)F)CC[C@@H]53)cc2)c1. The minimum atomic E-state index is -5.54. The number of rotatable bonds is 6. The Morgan fingerprint density at radius 3 is 2.48 bits per heavy atom. The summed E-state index contributed by atoms with van der Waals surface area (Å²) in [5.74, 6) is -5.90. The number of carbonyl (C=O) groups is 1. The molecule has 2 unspecified atom stereocenters. The van der Waals surface area contributed by atoms with Crippen LogP contribution in [0.4, 0.5) is 27.6 Å². The van der Waals surface area contributed by atoms with E-state index >= 15 is 0 Å². The van der Waals surface area contributed by atoms with Crippen molar-refractivity contribution in [1.82, 2.24) is 0 Å². The average Bonchev–Trinajstić information content (AvgIpc) is 3.33. The molecule has 224 valence electrons. The highest BCUT2D eigenvalue weighted by molar-refractivity contribution is 5.94. The number of halogens is 5. The summed E-state index contributed by atoms with van der Waals surface area (Å²) in [6.07, 6.45) is -1.02. The molecule has 0 amide bonds. The van der Waals surface area contributed by atoms with E-state index in [1.807, 2.05) is 24.3 Å². The van der Waals surface area contributed by atoms with E-state index in [0.29, 0.717) is 45.1 Å². The number of anilines is 1. The number of hydrogen-bond acceptors (Lipinski definition) is 3. The van der Waals surface area contributed by atoms with Gasteiger partial charge in [0.1, 0.15) is 5.75 Å². The zero-order valence-corrected chi connectivity index (χ0v) is 23.9. The zero-order chi connectivity index (χ0) is 29.9. The summed E-state index contributed by atoms with van der Waals surface area (Å²) in [7, 11) is 1.63. The summed E-state index contributed by atoms with van der Waals surface area (Å²) in [5.41, 5.74) is 5.33. The summed E-state index contributed by atoms with van der Waals surface area (Å²) in [4.78, 5) is 12.8. The first-order chi connectivity index (χ1) is 19.9. The summed E-state index contributed by atoms with van der Waals surface area (Å²) in [6, 6.07) is 15.9. The van der Waals surface area contributed by atoms with Crippen molar-refractivity contribution in [2.24, 2.45) is 23.2 Å². The van der Waals surface area contributed by atoms with Gasteiger partial charge in [-0.15, -0.1) is 0 Å². The number of benzene rings is 2. The molecule has 0 aromatic heterocycles. The highest BCUT2D eigenvalue weighted by Crippen LogP contribution is 2.67. The van der Waals surface area contributed by atoms with Crippen LogP contribution in [0.15, 0.2) is 71.3 Å². The molecule has 0 heterocycles. The molecule has 0 saturated heterocycles. The van der Waals surface area contributed by atoms with Gasteiger partial charge < -0.3 is 10.1 Å². The van der Waals surface area contributed by atoms with E-state index in [2.05, 4.69) is 29.6 Å². The monoisotopic (exact) mass is 585 g/mol. The highest BCUT2D eigenvalue weighted by atomic mass is 19.4. The maximum atomic E-state index is 14.7. The Labute approximate surface area is 243 Å². The van der Waals surface area contributed by atoms with E-state index in [0.717, 1.165) is 33.7 Å². The Kier molecular flexibility index (Phi) is 7.25. The number of ketones is 1. The third-order valence-corrected chi connectivity index (χ3v) is 10.5. The van der Waals surface area contributed by atoms with Gasteiger partial charge in [0.25, 0.3) is 0 Å². The molecule has 42 heavy (non-hydrogen) atoms. The number of nitrogens with one attached hydrogen (secondary N) is 1. The van der Waals surface area contributed by atoms with E-state index < -0.39 is 23.4 Å². The summed E-state index contributed by atoms with van der Waals surface area (Å²) in [5, 5.41) is 3.40. The highest BCUT2D eigenvalue weighted by Gasteiger charge is 2.70. The first-order valence-electron chi connectivity index (χ1n) is 14.8. The Balaban J connectivity index is 1.26. The summed E-state index contributed by atoms with van der Waals surface area (Å²) in [6.45, 7) is 2.28. The number of ether oxygens (including phenoxy) is 1. The fourth-order valence-corrected chi connectivity index (χ4v) is 8.51. The van der Waals surface area contributed by atoms with Crippen LogP contribution in [0.25, 0.3) is 0 Å². The molecule has 0 bridgehead atoms. The second kappa shape index (κ2) is 10.5. The summed E-state index contributed by atoms with van der Waals surface area (Å²) < 4.78 is 75.0. The smallest absolute Gasteiger partial charge is 0.453 e. The molecule has 0 radical (unpaired) electrons. The predicted molar refractivity (Wildman–Crippen MR) is 152 cm³/mol. The second-order valence-corrected chi connectivity index (χ2v) is 12.7. The lowest BCUT2D eigenvalue weighted by Crippen LogP contribution is -2.51. The number of methoxy groups -OCH3 is 1. The molecule has 0 aliphatic heterocycles. The fourth-order valence-electron chi connectivity index (χ4n) is 8.51. The molecule has 5 atom stereocenters. The molecule has 4 aliphatic rings. The Hall–Kier alpha value is -3.16. The van der Waals surface area contributed by atoms with Gasteiger partial charge in [-0.25, -0.2) is 0 Å². The van der Waals surface area contributed by atoms with Crippen molar-refractivity contribution in [3.8, 4) is 5.75 Å². The molecular weight excluding hydrogens is 549 g/mol. The van der Waals surface area contributed by atoms with Gasteiger partial charge in [0.2, 0.25) is 0 Å². The molecular formula is C34H36F5NO2.